The van der Waals surface area contributed by atoms with E-state index in [1.54, 1.807) is 0 Å². The highest BCUT2D eigenvalue weighted by Gasteiger charge is 2.10. The lowest BCUT2D eigenvalue weighted by Gasteiger charge is -2.04. The molecule has 0 spiro atoms. The van der Waals surface area contributed by atoms with Gasteiger partial charge in [-0.15, -0.1) is 5.10 Å². The maximum absolute atomic E-state index is 4.31. The molecular weight excluding hydrogens is 248 g/mol. The standard InChI is InChI=1S/C16H14N4/c1-19-10-9-13-15(19)8-7-14-16(13)20(18-17-14)11-12-5-3-2-4-6-12/h2-10H,11H2,1H3. The zero-order chi connectivity index (χ0) is 13.5. The van der Waals surface area contributed by atoms with Gasteiger partial charge in [0.1, 0.15) is 5.52 Å². The summed E-state index contributed by atoms with van der Waals surface area (Å²) < 4.78 is 4.10. The molecule has 4 nitrogen and oxygen atoms in total. The Hall–Kier alpha value is -2.62. The van der Waals surface area contributed by atoms with Crippen LogP contribution in [0.3, 0.4) is 0 Å². The molecule has 4 heteroatoms. The average molecular weight is 262 g/mol. The van der Waals surface area contributed by atoms with Gasteiger partial charge in [0, 0.05) is 18.6 Å². The van der Waals surface area contributed by atoms with E-state index in [-0.39, 0.29) is 0 Å². The minimum Gasteiger partial charge on any atom is -0.350 e. The van der Waals surface area contributed by atoms with Gasteiger partial charge in [-0.3, -0.25) is 0 Å². The van der Waals surface area contributed by atoms with Crippen molar-refractivity contribution in [3.05, 3.63) is 60.3 Å². The summed E-state index contributed by atoms with van der Waals surface area (Å²) in [7, 11) is 2.06. The van der Waals surface area contributed by atoms with Crippen molar-refractivity contribution in [3.8, 4) is 0 Å². The Balaban J connectivity index is 1.93. The summed E-state index contributed by atoms with van der Waals surface area (Å²) in [4.78, 5) is 0. The first-order chi connectivity index (χ1) is 9.83. The minimum absolute atomic E-state index is 0.741. The number of nitrogens with zero attached hydrogens (tertiary/aromatic N) is 4. The van der Waals surface area contributed by atoms with Gasteiger partial charge in [0.05, 0.1) is 17.6 Å². The first-order valence-corrected chi connectivity index (χ1v) is 6.64. The molecule has 4 aromatic rings. The summed E-state index contributed by atoms with van der Waals surface area (Å²) in [5.41, 5.74) is 4.48. The second-order valence-corrected chi connectivity index (χ2v) is 5.03. The van der Waals surface area contributed by atoms with Gasteiger partial charge >= 0.3 is 0 Å². The summed E-state index contributed by atoms with van der Waals surface area (Å²) in [6.45, 7) is 0.741. The van der Waals surface area contributed by atoms with E-state index in [4.69, 9.17) is 0 Å². The molecule has 0 atom stereocenters. The molecule has 0 amide bonds. The van der Waals surface area contributed by atoms with Gasteiger partial charge in [0.25, 0.3) is 0 Å². The molecule has 0 radical (unpaired) electrons. The van der Waals surface area contributed by atoms with E-state index in [0.717, 1.165) is 17.6 Å². The zero-order valence-corrected chi connectivity index (χ0v) is 11.2. The van der Waals surface area contributed by atoms with Crippen molar-refractivity contribution >= 4 is 21.9 Å². The molecule has 0 aliphatic rings. The Morgan fingerprint density at radius 2 is 1.85 bits per heavy atom. The highest BCUT2D eigenvalue weighted by Crippen LogP contribution is 2.24. The van der Waals surface area contributed by atoms with Crippen LogP contribution in [0.5, 0.6) is 0 Å². The van der Waals surface area contributed by atoms with Crippen molar-refractivity contribution in [1.29, 1.82) is 0 Å². The predicted molar refractivity (Wildman–Crippen MR) is 79.5 cm³/mol. The number of hydrogen-bond acceptors (Lipinski definition) is 2. The topological polar surface area (TPSA) is 35.6 Å². The fourth-order valence-electron chi connectivity index (χ4n) is 2.69. The van der Waals surface area contributed by atoms with Crippen molar-refractivity contribution in [2.24, 2.45) is 7.05 Å². The normalized spacial score (nSPS) is 11.4. The molecule has 0 bridgehead atoms. The summed E-state index contributed by atoms with van der Waals surface area (Å²) in [5.74, 6) is 0. The molecule has 0 fully saturated rings. The van der Waals surface area contributed by atoms with Crippen LogP contribution >= 0.6 is 0 Å². The largest absolute Gasteiger partial charge is 0.350 e. The Morgan fingerprint density at radius 1 is 1.00 bits per heavy atom. The van der Waals surface area contributed by atoms with E-state index in [2.05, 4.69) is 52.4 Å². The third-order valence-electron chi connectivity index (χ3n) is 3.71. The molecule has 2 aromatic carbocycles. The van der Waals surface area contributed by atoms with Gasteiger partial charge in [-0.25, -0.2) is 4.68 Å². The molecule has 0 saturated carbocycles. The molecule has 20 heavy (non-hydrogen) atoms. The maximum Gasteiger partial charge on any atom is 0.113 e. The SMILES string of the molecule is Cn1ccc2c1ccc1nnn(Cc3ccccc3)c12. The van der Waals surface area contributed by atoms with Gasteiger partial charge in [-0.2, -0.15) is 0 Å². The number of aryl methyl sites for hydroxylation is 1. The van der Waals surface area contributed by atoms with Crippen molar-refractivity contribution < 1.29 is 0 Å². The van der Waals surface area contributed by atoms with Gasteiger partial charge < -0.3 is 4.57 Å². The van der Waals surface area contributed by atoms with Gasteiger partial charge in [0.15, 0.2) is 0 Å². The second kappa shape index (κ2) is 4.20. The van der Waals surface area contributed by atoms with Crippen LogP contribution < -0.4 is 0 Å². The Labute approximate surface area is 116 Å². The van der Waals surface area contributed by atoms with E-state index in [1.165, 1.54) is 16.5 Å². The third-order valence-corrected chi connectivity index (χ3v) is 3.71. The maximum atomic E-state index is 4.31. The van der Waals surface area contributed by atoms with E-state index in [9.17, 15) is 0 Å². The van der Waals surface area contributed by atoms with Crippen LogP contribution in [0.15, 0.2) is 54.7 Å². The first kappa shape index (κ1) is 11.2. The van der Waals surface area contributed by atoms with Gasteiger partial charge in [-0.05, 0) is 23.8 Å². The van der Waals surface area contributed by atoms with Gasteiger partial charge in [0.2, 0.25) is 0 Å². The molecule has 2 heterocycles. The molecular formula is C16H14N4. The lowest BCUT2D eigenvalue weighted by molar-refractivity contribution is 0.671. The molecule has 4 rings (SSSR count). The molecule has 0 saturated heterocycles. The molecule has 2 aromatic heterocycles. The number of benzene rings is 2. The molecule has 0 unspecified atom stereocenters. The fraction of sp³-hybridized carbons (Fsp3) is 0.125. The van der Waals surface area contributed by atoms with Crippen molar-refractivity contribution in [1.82, 2.24) is 19.6 Å². The minimum atomic E-state index is 0.741. The van der Waals surface area contributed by atoms with E-state index in [1.807, 2.05) is 28.9 Å². The lowest BCUT2D eigenvalue weighted by Crippen LogP contribution is -2.01. The third kappa shape index (κ3) is 1.61. The summed E-state index contributed by atoms with van der Waals surface area (Å²) in [6, 6.07) is 16.6. The van der Waals surface area contributed by atoms with Crippen LogP contribution in [0, 0.1) is 0 Å². The van der Waals surface area contributed by atoms with Crippen molar-refractivity contribution in [3.63, 3.8) is 0 Å². The first-order valence-electron chi connectivity index (χ1n) is 6.64. The summed E-state index contributed by atoms with van der Waals surface area (Å²) in [6.07, 6.45) is 2.07. The smallest absolute Gasteiger partial charge is 0.113 e. The fourth-order valence-corrected chi connectivity index (χ4v) is 2.69. The second-order valence-electron chi connectivity index (χ2n) is 5.03. The van der Waals surface area contributed by atoms with Crippen LogP contribution in [0.4, 0.5) is 0 Å². The lowest BCUT2D eigenvalue weighted by atomic mass is 10.2. The van der Waals surface area contributed by atoms with Crippen LogP contribution in [0.2, 0.25) is 0 Å². The highest BCUT2D eigenvalue weighted by molar-refractivity contribution is 6.03. The van der Waals surface area contributed by atoms with E-state index in [0.29, 0.717) is 0 Å². The van der Waals surface area contributed by atoms with Crippen LogP contribution in [0.25, 0.3) is 21.9 Å². The molecule has 0 aliphatic heterocycles. The van der Waals surface area contributed by atoms with E-state index < -0.39 is 0 Å². The van der Waals surface area contributed by atoms with Crippen LogP contribution in [-0.4, -0.2) is 19.6 Å². The van der Waals surface area contributed by atoms with Crippen molar-refractivity contribution in [2.75, 3.05) is 0 Å². The van der Waals surface area contributed by atoms with Crippen molar-refractivity contribution in [2.45, 2.75) is 6.54 Å². The van der Waals surface area contributed by atoms with Gasteiger partial charge in [-0.1, -0.05) is 35.5 Å². The monoisotopic (exact) mass is 262 g/mol. The van der Waals surface area contributed by atoms with E-state index >= 15 is 0 Å². The Morgan fingerprint density at radius 3 is 2.70 bits per heavy atom. The number of fused-ring (bicyclic) bond motifs is 3. The Kier molecular flexibility index (Phi) is 2.36. The Bertz CT molecular complexity index is 887. The quantitative estimate of drug-likeness (QED) is 0.556. The molecule has 98 valence electrons. The average Bonchev–Trinajstić information content (AvgIpc) is 3.05. The van der Waals surface area contributed by atoms with Crippen LogP contribution in [-0.2, 0) is 13.6 Å². The highest BCUT2D eigenvalue weighted by atomic mass is 15.4. The summed E-state index contributed by atoms with van der Waals surface area (Å²) in [5, 5.41) is 9.79. The number of aromatic nitrogens is 4. The molecule has 0 aliphatic carbocycles. The van der Waals surface area contributed by atoms with Crippen LogP contribution in [0.1, 0.15) is 5.56 Å². The number of rotatable bonds is 2. The molecule has 0 N–H and O–H groups in total. The zero-order valence-electron chi connectivity index (χ0n) is 11.2. The predicted octanol–water partition coefficient (Wildman–Crippen LogP) is 2.97. The number of hydrogen-bond donors (Lipinski definition) is 0. The summed E-state index contributed by atoms with van der Waals surface area (Å²) >= 11 is 0.